The molecule has 0 aliphatic carbocycles. The van der Waals surface area contributed by atoms with E-state index >= 15 is 0 Å². The first-order valence-electron chi connectivity index (χ1n) is 6.91. The second-order valence-corrected chi connectivity index (χ2v) is 8.11. The van der Waals surface area contributed by atoms with Crippen molar-refractivity contribution in [3.05, 3.63) is 64.6 Å². The van der Waals surface area contributed by atoms with Crippen LogP contribution in [0.5, 0.6) is 0 Å². The van der Waals surface area contributed by atoms with E-state index in [1.165, 1.54) is 36.4 Å². The quantitative estimate of drug-likeness (QED) is 0.554. The maximum Gasteiger partial charge on any atom is 0.446 e. The van der Waals surface area contributed by atoms with Gasteiger partial charge in [-0.1, -0.05) is 29.8 Å². The predicted molar refractivity (Wildman–Crippen MR) is 90.3 cm³/mol. The van der Waals surface area contributed by atoms with Crippen molar-refractivity contribution >= 4 is 27.7 Å². The molecule has 25 heavy (non-hydrogen) atoms. The number of aryl methyl sites for hydroxylation is 1. The smallest absolute Gasteiger partial charge is 0.218 e. The molecule has 2 aromatic carbocycles. The molecule has 0 fully saturated rings. The molecule has 0 spiro atoms. The highest BCUT2D eigenvalue weighted by molar-refractivity contribution is 8.00. The molecule has 0 heterocycles. The molecular formula is C17H12F3NO2S2. The van der Waals surface area contributed by atoms with Crippen LogP contribution >= 0.6 is 11.8 Å². The van der Waals surface area contributed by atoms with Crippen molar-refractivity contribution in [2.24, 2.45) is 0 Å². The highest BCUT2D eigenvalue weighted by atomic mass is 32.2. The van der Waals surface area contributed by atoms with Gasteiger partial charge in [0.25, 0.3) is 0 Å². The van der Waals surface area contributed by atoms with Gasteiger partial charge in [0.2, 0.25) is 9.84 Å². The zero-order valence-electron chi connectivity index (χ0n) is 12.9. The van der Waals surface area contributed by atoms with Crippen molar-refractivity contribution in [1.29, 1.82) is 5.26 Å². The molecule has 3 nitrogen and oxygen atoms in total. The predicted octanol–water partition coefficient (Wildman–Crippen LogP) is 4.95. The molecule has 0 atom stereocenters. The summed E-state index contributed by atoms with van der Waals surface area (Å²) in [7, 11) is -3.99. The number of alkyl halides is 3. The van der Waals surface area contributed by atoms with E-state index in [4.69, 9.17) is 0 Å². The summed E-state index contributed by atoms with van der Waals surface area (Å²) in [4.78, 5) is -0.521. The van der Waals surface area contributed by atoms with E-state index in [0.29, 0.717) is 5.56 Å². The molecule has 8 heteroatoms. The third-order valence-corrected chi connectivity index (χ3v) is 5.56. The highest BCUT2D eigenvalue weighted by Gasteiger charge is 2.29. The lowest BCUT2D eigenvalue weighted by Gasteiger charge is -2.06. The Hall–Kier alpha value is -2.24. The number of nitrogens with zero attached hydrogens (tertiary/aromatic N) is 1. The maximum absolute atomic E-state index is 12.5. The highest BCUT2D eigenvalue weighted by Crippen LogP contribution is 2.36. The van der Waals surface area contributed by atoms with Crippen molar-refractivity contribution in [2.75, 3.05) is 0 Å². The number of benzene rings is 2. The first-order chi connectivity index (χ1) is 11.6. The van der Waals surface area contributed by atoms with E-state index in [9.17, 15) is 26.9 Å². The van der Waals surface area contributed by atoms with Gasteiger partial charge < -0.3 is 0 Å². The van der Waals surface area contributed by atoms with E-state index in [2.05, 4.69) is 0 Å². The average Bonchev–Trinajstić information content (AvgIpc) is 2.53. The summed E-state index contributed by atoms with van der Waals surface area (Å²) in [5.74, 6) is 0. The van der Waals surface area contributed by atoms with Gasteiger partial charge in [0.1, 0.15) is 11.0 Å². The van der Waals surface area contributed by atoms with Gasteiger partial charge in [-0.05, 0) is 54.6 Å². The SMILES string of the molecule is Cc1ccc(S(=O)(=O)/C(C#N)=C/c2ccc(SC(F)(F)F)cc2)cc1. The molecule has 0 N–H and O–H groups in total. The summed E-state index contributed by atoms with van der Waals surface area (Å²) in [6.07, 6.45) is 1.14. The van der Waals surface area contributed by atoms with Gasteiger partial charge in [0.15, 0.2) is 0 Å². The normalized spacial score (nSPS) is 12.7. The molecule has 130 valence electrons. The van der Waals surface area contributed by atoms with Crippen molar-refractivity contribution in [2.45, 2.75) is 22.2 Å². The van der Waals surface area contributed by atoms with Crippen molar-refractivity contribution in [3.63, 3.8) is 0 Å². The summed E-state index contributed by atoms with van der Waals surface area (Å²) < 4.78 is 61.9. The van der Waals surface area contributed by atoms with Crippen LogP contribution < -0.4 is 0 Å². The zero-order valence-corrected chi connectivity index (χ0v) is 14.5. The number of sulfone groups is 1. The Kier molecular flexibility index (Phi) is 5.60. The van der Waals surface area contributed by atoms with Gasteiger partial charge in [-0.3, -0.25) is 0 Å². The number of hydrogen-bond donors (Lipinski definition) is 0. The lowest BCUT2D eigenvalue weighted by atomic mass is 10.2. The van der Waals surface area contributed by atoms with Crippen LogP contribution in [-0.2, 0) is 9.84 Å². The largest absolute Gasteiger partial charge is 0.446 e. The Morgan fingerprint density at radius 3 is 2.12 bits per heavy atom. The molecule has 0 saturated heterocycles. The van der Waals surface area contributed by atoms with Crippen LogP contribution in [0, 0.1) is 18.3 Å². The van der Waals surface area contributed by atoms with Crippen LogP contribution in [0.2, 0.25) is 0 Å². The summed E-state index contributed by atoms with van der Waals surface area (Å²) >= 11 is -0.266. The Balaban J connectivity index is 2.34. The standard InChI is InChI=1S/C17H12F3NO2S2/c1-12-2-8-15(9-3-12)25(22,23)16(11-21)10-13-4-6-14(7-5-13)24-17(18,19)20/h2-10H,1H3/b16-10+. The number of allylic oxidation sites excluding steroid dienone is 1. The number of hydrogen-bond acceptors (Lipinski definition) is 4. The van der Waals surface area contributed by atoms with Crippen LogP contribution in [0.1, 0.15) is 11.1 Å². The third kappa shape index (κ3) is 5.11. The van der Waals surface area contributed by atoms with Gasteiger partial charge >= 0.3 is 5.51 Å². The minimum Gasteiger partial charge on any atom is -0.218 e. The van der Waals surface area contributed by atoms with Gasteiger partial charge in [-0.15, -0.1) is 0 Å². The molecule has 0 saturated carbocycles. The van der Waals surface area contributed by atoms with Gasteiger partial charge in [-0.2, -0.15) is 18.4 Å². The molecule has 0 unspecified atom stereocenters. The Bertz CT molecular complexity index is 924. The molecule has 0 amide bonds. The first kappa shape index (κ1) is 19.1. The van der Waals surface area contributed by atoms with Gasteiger partial charge in [-0.25, -0.2) is 8.42 Å². The second-order valence-electron chi connectivity index (χ2n) is 5.05. The fourth-order valence-electron chi connectivity index (χ4n) is 1.93. The van der Waals surface area contributed by atoms with E-state index in [0.717, 1.165) is 11.6 Å². The average molecular weight is 383 g/mol. The maximum atomic E-state index is 12.5. The number of rotatable bonds is 4. The number of thioether (sulfide) groups is 1. The second kappa shape index (κ2) is 7.33. The van der Waals surface area contributed by atoms with Crippen LogP contribution in [-0.4, -0.2) is 13.9 Å². The summed E-state index contributed by atoms with van der Waals surface area (Å²) in [5.41, 5.74) is -3.21. The third-order valence-electron chi connectivity index (χ3n) is 3.14. The molecule has 0 aliphatic rings. The lowest BCUT2D eigenvalue weighted by molar-refractivity contribution is -0.0328. The zero-order chi connectivity index (χ0) is 18.7. The van der Waals surface area contributed by atoms with Crippen LogP contribution in [0.15, 0.2) is 63.2 Å². The molecule has 0 aromatic heterocycles. The minimum absolute atomic E-state index is 0.0184. The fraction of sp³-hybridized carbons (Fsp3) is 0.118. The van der Waals surface area contributed by atoms with Crippen molar-refractivity contribution in [3.8, 4) is 6.07 Å². The fourth-order valence-corrected chi connectivity index (χ4v) is 3.63. The van der Waals surface area contributed by atoms with E-state index in [1.54, 1.807) is 25.1 Å². The summed E-state index contributed by atoms with van der Waals surface area (Å²) in [6, 6.07) is 12.8. The molecule has 0 aliphatic heterocycles. The Morgan fingerprint density at radius 2 is 1.64 bits per heavy atom. The van der Waals surface area contributed by atoms with Crippen molar-refractivity contribution in [1.82, 2.24) is 0 Å². The molecule has 0 bridgehead atoms. The Labute approximate surface area is 147 Å². The van der Waals surface area contributed by atoms with Gasteiger partial charge in [0, 0.05) is 4.90 Å². The van der Waals surface area contributed by atoms with Crippen LogP contribution in [0.25, 0.3) is 6.08 Å². The van der Waals surface area contributed by atoms with Crippen LogP contribution in [0.4, 0.5) is 13.2 Å². The lowest BCUT2D eigenvalue weighted by Crippen LogP contribution is -2.03. The molecular weight excluding hydrogens is 371 g/mol. The van der Waals surface area contributed by atoms with Crippen LogP contribution in [0.3, 0.4) is 0 Å². The van der Waals surface area contributed by atoms with E-state index in [1.807, 2.05) is 0 Å². The van der Waals surface area contributed by atoms with E-state index < -0.39 is 20.3 Å². The van der Waals surface area contributed by atoms with E-state index in [-0.39, 0.29) is 21.6 Å². The number of halogens is 3. The molecule has 0 radical (unpaired) electrons. The van der Waals surface area contributed by atoms with Gasteiger partial charge in [0.05, 0.1) is 4.90 Å². The monoisotopic (exact) mass is 383 g/mol. The molecule has 2 aromatic rings. The molecule has 2 rings (SSSR count). The topological polar surface area (TPSA) is 57.9 Å². The summed E-state index contributed by atoms with van der Waals surface area (Å²) in [5, 5.41) is 9.20. The number of nitriles is 1. The van der Waals surface area contributed by atoms with Crippen molar-refractivity contribution < 1.29 is 21.6 Å². The summed E-state index contributed by atoms with van der Waals surface area (Å²) in [6.45, 7) is 1.80. The first-order valence-corrected chi connectivity index (χ1v) is 9.21. The minimum atomic E-state index is -4.40. The Morgan fingerprint density at radius 1 is 1.08 bits per heavy atom.